The zero-order valence-corrected chi connectivity index (χ0v) is 11.9. The minimum Gasteiger partial charge on any atom is -0.495 e. The van der Waals surface area contributed by atoms with Gasteiger partial charge in [-0.15, -0.1) is 0 Å². The highest BCUT2D eigenvalue weighted by Gasteiger charge is 2.13. The second-order valence-electron chi connectivity index (χ2n) is 4.28. The van der Waals surface area contributed by atoms with Gasteiger partial charge in [-0.2, -0.15) is 0 Å². The first-order valence-electron chi connectivity index (χ1n) is 6.28. The maximum absolute atomic E-state index is 6.08. The molecule has 0 spiro atoms. The van der Waals surface area contributed by atoms with Crippen molar-refractivity contribution in [1.29, 1.82) is 0 Å². The lowest BCUT2D eigenvalue weighted by atomic mass is 10.3. The van der Waals surface area contributed by atoms with Crippen molar-refractivity contribution < 1.29 is 14.2 Å². The Kier molecular flexibility index (Phi) is 3.60. The van der Waals surface area contributed by atoms with Crippen LogP contribution >= 0.6 is 11.8 Å². The summed E-state index contributed by atoms with van der Waals surface area (Å²) < 4.78 is 16.3. The van der Waals surface area contributed by atoms with Crippen molar-refractivity contribution >= 4 is 17.4 Å². The average molecular weight is 289 g/mol. The molecule has 3 rings (SSSR count). The molecule has 0 atom stereocenters. The van der Waals surface area contributed by atoms with Gasteiger partial charge in [0, 0.05) is 9.79 Å². The Hall–Kier alpha value is -2.01. The van der Waals surface area contributed by atoms with Crippen LogP contribution in [0.1, 0.15) is 0 Å². The molecule has 0 radical (unpaired) electrons. The molecule has 2 aromatic rings. The zero-order chi connectivity index (χ0) is 13.9. The van der Waals surface area contributed by atoms with E-state index in [1.807, 2.05) is 36.4 Å². The van der Waals surface area contributed by atoms with Crippen molar-refractivity contribution in [3.8, 4) is 17.2 Å². The van der Waals surface area contributed by atoms with E-state index in [0.29, 0.717) is 24.7 Å². The molecule has 0 saturated heterocycles. The molecule has 2 N–H and O–H groups in total. The van der Waals surface area contributed by atoms with Gasteiger partial charge >= 0.3 is 0 Å². The molecular formula is C15H15NO3S. The van der Waals surface area contributed by atoms with Crippen molar-refractivity contribution in [2.75, 3.05) is 26.1 Å². The predicted octanol–water partition coefficient (Wildman–Crippen LogP) is 3.20. The fourth-order valence-corrected chi connectivity index (χ4v) is 2.92. The summed E-state index contributed by atoms with van der Waals surface area (Å²) in [5.74, 6) is 2.26. The molecule has 20 heavy (non-hydrogen) atoms. The average Bonchev–Trinajstić information content (AvgIpc) is 2.49. The summed E-state index contributed by atoms with van der Waals surface area (Å²) in [6, 6.07) is 11.6. The number of ether oxygens (including phenoxy) is 3. The smallest absolute Gasteiger partial charge is 0.162 e. The van der Waals surface area contributed by atoms with Gasteiger partial charge in [-0.05, 0) is 30.3 Å². The summed E-state index contributed by atoms with van der Waals surface area (Å²) in [4.78, 5) is 2.01. The Morgan fingerprint density at radius 3 is 2.70 bits per heavy atom. The number of methoxy groups -OCH3 is 1. The highest BCUT2D eigenvalue weighted by molar-refractivity contribution is 7.99. The summed E-state index contributed by atoms with van der Waals surface area (Å²) >= 11 is 1.58. The van der Waals surface area contributed by atoms with Gasteiger partial charge < -0.3 is 19.9 Å². The molecule has 0 saturated carbocycles. The maximum atomic E-state index is 6.08. The predicted molar refractivity (Wildman–Crippen MR) is 79.0 cm³/mol. The number of rotatable bonds is 3. The van der Waals surface area contributed by atoms with Gasteiger partial charge in [0.2, 0.25) is 0 Å². The normalized spacial score (nSPS) is 13.1. The Morgan fingerprint density at radius 1 is 1.10 bits per heavy atom. The van der Waals surface area contributed by atoms with Crippen molar-refractivity contribution in [3.63, 3.8) is 0 Å². The van der Waals surface area contributed by atoms with Gasteiger partial charge in [0.05, 0.1) is 12.8 Å². The highest BCUT2D eigenvalue weighted by Crippen LogP contribution is 2.40. The monoisotopic (exact) mass is 289 g/mol. The van der Waals surface area contributed by atoms with Gasteiger partial charge in [0.15, 0.2) is 11.5 Å². The van der Waals surface area contributed by atoms with Gasteiger partial charge in [-0.1, -0.05) is 17.8 Å². The molecule has 0 unspecified atom stereocenters. The number of nitrogen functional groups attached to an aromatic ring is 1. The number of anilines is 1. The van der Waals surface area contributed by atoms with Crippen LogP contribution in [0.3, 0.4) is 0 Å². The molecule has 2 aromatic carbocycles. The quantitative estimate of drug-likeness (QED) is 0.879. The van der Waals surface area contributed by atoms with E-state index in [9.17, 15) is 0 Å². The molecule has 1 aliphatic heterocycles. The van der Waals surface area contributed by atoms with Crippen LogP contribution < -0.4 is 19.9 Å². The van der Waals surface area contributed by atoms with Crippen LogP contribution in [-0.2, 0) is 0 Å². The lowest BCUT2D eigenvalue weighted by Crippen LogP contribution is -2.15. The summed E-state index contributed by atoms with van der Waals surface area (Å²) in [5, 5.41) is 0. The molecule has 4 nitrogen and oxygen atoms in total. The lowest BCUT2D eigenvalue weighted by Gasteiger charge is -2.19. The van der Waals surface area contributed by atoms with E-state index in [4.69, 9.17) is 19.9 Å². The van der Waals surface area contributed by atoms with E-state index in [2.05, 4.69) is 0 Å². The molecule has 1 heterocycles. The molecular weight excluding hydrogens is 274 g/mol. The van der Waals surface area contributed by atoms with Gasteiger partial charge in [0.1, 0.15) is 19.0 Å². The van der Waals surface area contributed by atoms with Crippen LogP contribution in [0.2, 0.25) is 0 Å². The largest absolute Gasteiger partial charge is 0.495 e. The van der Waals surface area contributed by atoms with E-state index >= 15 is 0 Å². The van der Waals surface area contributed by atoms with Crippen LogP contribution in [0.4, 0.5) is 5.69 Å². The second kappa shape index (κ2) is 5.54. The summed E-state index contributed by atoms with van der Waals surface area (Å²) in [7, 11) is 1.62. The number of benzene rings is 2. The summed E-state index contributed by atoms with van der Waals surface area (Å²) in [5.41, 5.74) is 6.73. The number of nitrogens with two attached hydrogens (primary N) is 1. The second-order valence-corrected chi connectivity index (χ2v) is 5.39. The van der Waals surface area contributed by atoms with Gasteiger partial charge in [-0.3, -0.25) is 0 Å². The SMILES string of the molecule is COc1cccc(Sc2ccc3c(c2)OCCO3)c1N. The molecule has 0 aliphatic carbocycles. The molecule has 0 fully saturated rings. The van der Waals surface area contributed by atoms with Crippen LogP contribution in [-0.4, -0.2) is 20.3 Å². The first-order chi connectivity index (χ1) is 9.78. The van der Waals surface area contributed by atoms with Gasteiger partial charge in [0.25, 0.3) is 0 Å². The first-order valence-corrected chi connectivity index (χ1v) is 7.09. The minimum absolute atomic E-state index is 0.586. The number of para-hydroxylation sites is 1. The third-order valence-corrected chi connectivity index (χ3v) is 4.05. The first kappa shape index (κ1) is 13.0. The third-order valence-electron chi connectivity index (χ3n) is 2.99. The van der Waals surface area contributed by atoms with Gasteiger partial charge in [-0.25, -0.2) is 0 Å². The third kappa shape index (κ3) is 2.49. The molecule has 1 aliphatic rings. The van der Waals surface area contributed by atoms with Crippen LogP contribution in [0.15, 0.2) is 46.2 Å². The molecule has 0 amide bonds. The Morgan fingerprint density at radius 2 is 1.90 bits per heavy atom. The van der Waals surface area contributed by atoms with Crippen molar-refractivity contribution in [2.45, 2.75) is 9.79 Å². The Balaban J connectivity index is 1.88. The number of fused-ring (bicyclic) bond motifs is 1. The van der Waals surface area contributed by atoms with E-state index < -0.39 is 0 Å². The number of hydrogen-bond acceptors (Lipinski definition) is 5. The number of hydrogen-bond donors (Lipinski definition) is 1. The fraction of sp³-hybridized carbons (Fsp3) is 0.200. The van der Waals surface area contributed by atoms with E-state index in [1.165, 1.54) is 0 Å². The summed E-state index contributed by atoms with van der Waals surface area (Å²) in [6.07, 6.45) is 0. The highest BCUT2D eigenvalue weighted by atomic mass is 32.2. The van der Waals surface area contributed by atoms with E-state index in [0.717, 1.165) is 21.3 Å². The van der Waals surface area contributed by atoms with E-state index in [-0.39, 0.29) is 0 Å². The Labute approximate surface area is 121 Å². The van der Waals surface area contributed by atoms with Crippen molar-refractivity contribution in [2.24, 2.45) is 0 Å². The molecule has 0 bridgehead atoms. The molecule has 0 aromatic heterocycles. The summed E-state index contributed by atoms with van der Waals surface area (Å²) in [6.45, 7) is 1.19. The lowest BCUT2D eigenvalue weighted by molar-refractivity contribution is 0.171. The molecule has 5 heteroatoms. The standard InChI is InChI=1S/C15H15NO3S/c1-17-12-3-2-4-14(15(12)16)20-10-5-6-11-13(9-10)19-8-7-18-11/h2-6,9H,7-8,16H2,1H3. The zero-order valence-electron chi connectivity index (χ0n) is 11.1. The molecule has 104 valence electrons. The minimum atomic E-state index is 0.586. The fourth-order valence-electron chi connectivity index (χ4n) is 2.01. The van der Waals surface area contributed by atoms with Crippen molar-refractivity contribution in [1.82, 2.24) is 0 Å². The van der Waals surface area contributed by atoms with Crippen LogP contribution in [0.5, 0.6) is 17.2 Å². The maximum Gasteiger partial charge on any atom is 0.162 e. The van der Waals surface area contributed by atoms with Crippen molar-refractivity contribution in [3.05, 3.63) is 36.4 Å². The topological polar surface area (TPSA) is 53.7 Å². The van der Waals surface area contributed by atoms with Crippen LogP contribution in [0, 0.1) is 0 Å². The Bertz CT molecular complexity index is 631. The van der Waals surface area contributed by atoms with Crippen LogP contribution in [0.25, 0.3) is 0 Å². The van der Waals surface area contributed by atoms with E-state index in [1.54, 1.807) is 18.9 Å².